The van der Waals surface area contributed by atoms with E-state index in [4.69, 9.17) is 11.6 Å². The van der Waals surface area contributed by atoms with Gasteiger partial charge in [-0.05, 0) is 22.8 Å². The lowest BCUT2D eigenvalue weighted by atomic mass is 10.3. The maximum atomic E-state index is 5.67. The van der Waals surface area contributed by atoms with Crippen LogP contribution in [-0.2, 0) is 5.88 Å². The predicted molar refractivity (Wildman–Crippen MR) is 44.8 cm³/mol. The van der Waals surface area contributed by atoms with Crippen LogP contribution in [0.4, 0.5) is 0 Å². The molecule has 0 aliphatic heterocycles. The van der Waals surface area contributed by atoms with Crippen molar-refractivity contribution in [2.75, 3.05) is 0 Å². The van der Waals surface area contributed by atoms with Crippen molar-refractivity contribution in [2.45, 2.75) is 31.7 Å². The molecule has 1 aromatic rings. The lowest BCUT2D eigenvalue weighted by Gasteiger charge is -1.98. The van der Waals surface area contributed by atoms with Gasteiger partial charge in [0.1, 0.15) is 0 Å². The van der Waals surface area contributed by atoms with E-state index in [1.807, 2.05) is 4.68 Å². The molecule has 4 nitrogen and oxygen atoms in total. The molecule has 2 unspecified atom stereocenters. The first-order chi connectivity index (χ1) is 5.86. The van der Waals surface area contributed by atoms with E-state index in [1.165, 1.54) is 12.8 Å². The smallest absolute Gasteiger partial charge is 0.166 e. The maximum Gasteiger partial charge on any atom is 0.166 e. The summed E-state index contributed by atoms with van der Waals surface area (Å²) in [6, 6.07) is 0.513. The van der Waals surface area contributed by atoms with Crippen LogP contribution in [-0.4, -0.2) is 20.2 Å². The number of hydrogen-bond donors (Lipinski definition) is 0. The Morgan fingerprint density at radius 2 is 2.50 bits per heavy atom. The Morgan fingerprint density at radius 1 is 1.67 bits per heavy atom. The first-order valence-electron chi connectivity index (χ1n) is 4.19. The molecule has 1 fully saturated rings. The van der Waals surface area contributed by atoms with E-state index in [1.54, 1.807) is 0 Å². The second kappa shape index (κ2) is 3.01. The molecule has 0 saturated heterocycles. The Kier molecular flexibility index (Phi) is 2.00. The monoisotopic (exact) mass is 186 g/mol. The SMILES string of the molecule is CCC1CC1n1nnnc1CCl. The minimum Gasteiger partial charge on any atom is -0.225 e. The average molecular weight is 187 g/mol. The van der Waals surface area contributed by atoms with Gasteiger partial charge in [0, 0.05) is 0 Å². The van der Waals surface area contributed by atoms with Crippen LogP contribution in [0.15, 0.2) is 0 Å². The minimum absolute atomic E-state index is 0.403. The standard InChI is InChI=1S/C7H11ClN4/c1-2-5-3-6(5)12-7(4-8)9-10-11-12/h5-6H,2-4H2,1H3. The summed E-state index contributed by atoms with van der Waals surface area (Å²) >= 11 is 5.67. The van der Waals surface area contributed by atoms with Crippen molar-refractivity contribution in [1.82, 2.24) is 20.2 Å². The van der Waals surface area contributed by atoms with Gasteiger partial charge in [0.2, 0.25) is 0 Å². The van der Waals surface area contributed by atoms with Crippen molar-refractivity contribution in [3.8, 4) is 0 Å². The van der Waals surface area contributed by atoms with Crippen LogP contribution in [0.2, 0.25) is 0 Å². The van der Waals surface area contributed by atoms with Gasteiger partial charge in [-0.15, -0.1) is 16.7 Å². The first kappa shape index (κ1) is 7.98. The van der Waals surface area contributed by atoms with E-state index in [0.29, 0.717) is 11.9 Å². The molecule has 0 N–H and O–H groups in total. The number of hydrogen-bond acceptors (Lipinski definition) is 3. The highest BCUT2D eigenvalue weighted by Crippen LogP contribution is 2.45. The lowest BCUT2D eigenvalue weighted by molar-refractivity contribution is 0.545. The predicted octanol–water partition coefficient (Wildman–Crippen LogP) is 1.38. The van der Waals surface area contributed by atoms with E-state index in [0.717, 1.165) is 11.7 Å². The summed E-state index contributed by atoms with van der Waals surface area (Å²) in [6.45, 7) is 2.19. The van der Waals surface area contributed by atoms with Gasteiger partial charge < -0.3 is 0 Å². The number of halogens is 1. The van der Waals surface area contributed by atoms with Crippen LogP contribution in [0.25, 0.3) is 0 Å². The quantitative estimate of drug-likeness (QED) is 0.670. The van der Waals surface area contributed by atoms with Gasteiger partial charge in [-0.2, -0.15) is 0 Å². The number of nitrogens with zero attached hydrogens (tertiary/aromatic N) is 4. The molecule has 5 heteroatoms. The third-order valence-electron chi connectivity index (χ3n) is 2.40. The molecule has 12 heavy (non-hydrogen) atoms. The second-order valence-corrected chi connectivity index (χ2v) is 3.41. The maximum absolute atomic E-state index is 5.67. The van der Waals surface area contributed by atoms with Gasteiger partial charge in [-0.25, -0.2) is 4.68 Å². The molecule has 1 aliphatic rings. The van der Waals surface area contributed by atoms with Gasteiger partial charge in [-0.3, -0.25) is 0 Å². The molecule has 1 aromatic heterocycles. The molecule has 0 aromatic carbocycles. The Labute approximate surface area is 75.9 Å². The second-order valence-electron chi connectivity index (χ2n) is 3.14. The van der Waals surface area contributed by atoms with Gasteiger partial charge in [0.25, 0.3) is 0 Å². The average Bonchev–Trinajstić information content (AvgIpc) is 2.74. The van der Waals surface area contributed by atoms with Gasteiger partial charge >= 0.3 is 0 Å². The Morgan fingerprint density at radius 3 is 3.08 bits per heavy atom. The van der Waals surface area contributed by atoms with E-state index >= 15 is 0 Å². The van der Waals surface area contributed by atoms with Crippen LogP contribution in [0.3, 0.4) is 0 Å². The Bertz CT molecular complexity index is 272. The highest BCUT2D eigenvalue weighted by Gasteiger charge is 2.39. The van der Waals surface area contributed by atoms with Crippen LogP contribution < -0.4 is 0 Å². The number of rotatable bonds is 3. The van der Waals surface area contributed by atoms with Crippen LogP contribution in [0.1, 0.15) is 31.6 Å². The van der Waals surface area contributed by atoms with Crippen molar-refractivity contribution < 1.29 is 0 Å². The summed E-state index contributed by atoms with van der Waals surface area (Å²) in [5, 5.41) is 11.4. The molecule has 1 heterocycles. The third-order valence-corrected chi connectivity index (χ3v) is 2.64. The van der Waals surface area contributed by atoms with E-state index < -0.39 is 0 Å². The van der Waals surface area contributed by atoms with Crippen molar-refractivity contribution in [1.29, 1.82) is 0 Å². The summed E-state index contributed by atoms with van der Waals surface area (Å²) < 4.78 is 1.86. The third kappa shape index (κ3) is 1.20. The molecular weight excluding hydrogens is 176 g/mol. The zero-order valence-electron chi connectivity index (χ0n) is 6.94. The van der Waals surface area contributed by atoms with Gasteiger partial charge in [0.05, 0.1) is 11.9 Å². The Balaban J connectivity index is 2.13. The summed E-state index contributed by atoms with van der Waals surface area (Å²) in [6.07, 6.45) is 2.40. The molecular formula is C7H11ClN4. The van der Waals surface area contributed by atoms with Crippen molar-refractivity contribution >= 4 is 11.6 Å². The molecule has 0 spiro atoms. The molecule has 66 valence electrons. The molecule has 0 bridgehead atoms. The van der Waals surface area contributed by atoms with E-state index in [9.17, 15) is 0 Å². The number of tetrazole rings is 1. The molecule has 0 radical (unpaired) electrons. The summed E-state index contributed by atoms with van der Waals surface area (Å²) in [5.74, 6) is 1.95. The fraction of sp³-hybridized carbons (Fsp3) is 0.857. The molecule has 2 rings (SSSR count). The molecule has 0 amide bonds. The van der Waals surface area contributed by atoms with Gasteiger partial charge in [0.15, 0.2) is 5.82 Å². The summed E-state index contributed by atoms with van der Waals surface area (Å²) in [5.41, 5.74) is 0. The largest absolute Gasteiger partial charge is 0.225 e. The summed E-state index contributed by atoms with van der Waals surface area (Å²) in [7, 11) is 0. The fourth-order valence-electron chi connectivity index (χ4n) is 1.53. The minimum atomic E-state index is 0.403. The van der Waals surface area contributed by atoms with Crippen LogP contribution in [0.5, 0.6) is 0 Å². The highest BCUT2D eigenvalue weighted by molar-refractivity contribution is 6.16. The van der Waals surface area contributed by atoms with Crippen LogP contribution in [0, 0.1) is 5.92 Å². The first-order valence-corrected chi connectivity index (χ1v) is 4.73. The fourth-order valence-corrected chi connectivity index (χ4v) is 1.70. The van der Waals surface area contributed by atoms with Gasteiger partial charge in [-0.1, -0.05) is 13.3 Å². The molecule has 1 saturated carbocycles. The molecule has 1 aliphatic carbocycles. The number of aromatic nitrogens is 4. The normalized spacial score (nSPS) is 27.5. The zero-order chi connectivity index (χ0) is 8.55. The molecule has 2 atom stereocenters. The van der Waals surface area contributed by atoms with Crippen molar-refractivity contribution in [2.24, 2.45) is 5.92 Å². The van der Waals surface area contributed by atoms with Crippen molar-refractivity contribution in [3.05, 3.63) is 5.82 Å². The number of alkyl halides is 1. The zero-order valence-corrected chi connectivity index (χ0v) is 7.70. The lowest BCUT2D eigenvalue weighted by Crippen LogP contribution is -2.03. The topological polar surface area (TPSA) is 43.6 Å². The van der Waals surface area contributed by atoms with Crippen LogP contribution >= 0.6 is 11.6 Å². The van der Waals surface area contributed by atoms with E-state index in [-0.39, 0.29) is 0 Å². The summed E-state index contributed by atoms with van der Waals surface area (Å²) in [4.78, 5) is 0. The highest BCUT2D eigenvalue weighted by atomic mass is 35.5. The Hall–Kier alpha value is -0.640. The van der Waals surface area contributed by atoms with Crippen molar-refractivity contribution in [3.63, 3.8) is 0 Å². The van der Waals surface area contributed by atoms with E-state index in [2.05, 4.69) is 22.4 Å².